The van der Waals surface area contributed by atoms with Gasteiger partial charge in [-0.15, -0.1) is 11.3 Å². The van der Waals surface area contributed by atoms with Crippen LogP contribution in [0.2, 0.25) is 5.15 Å². The Balaban J connectivity index is 2.11. The van der Waals surface area contributed by atoms with Crippen LogP contribution in [0.25, 0.3) is 0 Å². The summed E-state index contributed by atoms with van der Waals surface area (Å²) < 4.78 is 1.07. The van der Waals surface area contributed by atoms with E-state index in [4.69, 9.17) is 11.6 Å². The van der Waals surface area contributed by atoms with Crippen LogP contribution in [0.3, 0.4) is 0 Å². The van der Waals surface area contributed by atoms with E-state index in [1.54, 1.807) is 29.7 Å². The van der Waals surface area contributed by atoms with Crippen molar-refractivity contribution in [2.75, 3.05) is 0 Å². The molecule has 0 saturated carbocycles. The van der Waals surface area contributed by atoms with Gasteiger partial charge in [-0.25, -0.2) is 4.98 Å². The van der Waals surface area contributed by atoms with Gasteiger partial charge in [0.2, 0.25) is 0 Å². The highest BCUT2D eigenvalue weighted by atomic mass is 79.9. The molecule has 0 bridgehead atoms. The Labute approximate surface area is 111 Å². The lowest BCUT2D eigenvalue weighted by Crippen LogP contribution is -2.00. The zero-order valence-corrected chi connectivity index (χ0v) is 11.4. The third kappa shape index (κ3) is 3.04. The summed E-state index contributed by atoms with van der Waals surface area (Å²) >= 11 is 10.8. The third-order valence-corrected chi connectivity index (χ3v) is 4.01. The van der Waals surface area contributed by atoms with Gasteiger partial charge in [0.15, 0.2) is 0 Å². The molecule has 0 fully saturated rings. The second-order valence-electron chi connectivity index (χ2n) is 3.34. The van der Waals surface area contributed by atoms with Gasteiger partial charge in [0.25, 0.3) is 0 Å². The van der Waals surface area contributed by atoms with Crippen LogP contribution in [0.1, 0.15) is 16.5 Å². The number of rotatable bonds is 3. The molecule has 0 radical (unpaired) electrons. The zero-order chi connectivity index (χ0) is 11.5. The molecule has 2 rings (SSSR count). The summed E-state index contributed by atoms with van der Waals surface area (Å²) in [5.74, 6) is 0. The maximum atomic E-state index is 10.0. The van der Waals surface area contributed by atoms with E-state index in [2.05, 4.69) is 20.9 Å². The number of thiophene rings is 1. The SMILES string of the molecule is OC(Cc1ccc(Br)s1)c1ccnc(Cl)c1. The molecule has 5 heteroatoms. The van der Waals surface area contributed by atoms with Gasteiger partial charge in [0.05, 0.1) is 9.89 Å². The van der Waals surface area contributed by atoms with E-state index in [1.807, 2.05) is 12.1 Å². The largest absolute Gasteiger partial charge is 0.388 e. The first-order chi connectivity index (χ1) is 7.65. The van der Waals surface area contributed by atoms with Crippen LogP contribution in [0.15, 0.2) is 34.2 Å². The van der Waals surface area contributed by atoms with Crippen LogP contribution in [0, 0.1) is 0 Å². The molecule has 1 atom stereocenters. The van der Waals surface area contributed by atoms with Crippen molar-refractivity contribution >= 4 is 38.9 Å². The summed E-state index contributed by atoms with van der Waals surface area (Å²) in [6, 6.07) is 7.45. The summed E-state index contributed by atoms with van der Waals surface area (Å²) in [5, 5.41) is 10.4. The van der Waals surface area contributed by atoms with Crippen molar-refractivity contribution in [3.8, 4) is 0 Å². The lowest BCUT2D eigenvalue weighted by atomic mass is 10.1. The Hall–Kier alpha value is -0.420. The van der Waals surface area contributed by atoms with Crippen molar-refractivity contribution in [1.29, 1.82) is 0 Å². The van der Waals surface area contributed by atoms with Crippen molar-refractivity contribution in [1.82, 2.24) is 4.98 Å². The maximum absolute atomic E-state index is 10.0. The van der Waals surface area contributed by atoms with Crippen molar-refractivity contribution in [3.05, 3.63) is 49.8 Å². The minimum Gasteiger partial charge on any atom is -0.388 e. The van der Waals surface area contributed by atoms with E-state index in [-0.39, 0.29) is 0 Å². The van der Waals surface area contributed by atoms with E-state index in [0.717, 1.165) is 14.2 Å². The molecule has 2 aromatic heterocycles. The predicted molar refractivity (Wildman–Crippen MR) is 69.9 cm³/mol. The van der Waals surface area contributed by atoms with E-state index in [9.17, 15) is 5.11 Å². The molecule has 0 aromatic carbocycles. The topological polar surface area (TPSA) is 33.1 Å². The molecule has 0 saturated heterocycles. The molecule has 0 aliphatic carbocycles. The standard InChI is InChI=1S/C11H9BrClNOS/c12-10-2-1-8(16-10)6-9(15)7-3-4-14-11(13)5-7/h1-5,9,15H,6H2. The van der Waals surface area contributed by atoms with Crippen LogP contribution < -0.4 is 0 Å². The number of aromatic nitrogens is 1. The molecular formula is C11H9BrClNOS. The van der Waals surface area contributed by atoms with E-state index < -0.39 is 6.10 Å². The molecule has 2 heterocycles. The van der Waals surface area contributed by atoms with Gasteiger partial charge in [-0.05, 0) is 45.8 Å². The quantitative estimate of drug-likeness (QED) is 0.872. The molecule has 0 aliphatic rings. The predicted octanol–water partition coefficient (Wildman–Crippen LogP) is 3.84. The lowest BCUT2D eigenvalue weighted by molar-refractivity contribution is 0.179. The van der Waals surface area contributed by atoms with E-state index in [1.165, 1.54) is 0 Å². The normalized spacial score (nSPS) is 12.7. The lowest BCUT2D eigenvalue weighted by Gasteiger charge is -2.09. The van der Waals surface area contributed by atoms with Crippen molar-refractivity contribution in [2.24, 2.45) is 0 Å². The van der Waals surface area contributed by atoms with Gasteiger partial charge >= 0.3 is 0 Å². The summed E-state index contributed by atoms with van der Waals surface area (Å²) in [5.41, 5.74) is 0.796. The van der Waals surface area contributed by atoms with E-state index in [0.29, 0.717) is 11.6 Å². The average molecular weight is 319 g/mol. The Morgan fingerprint density at radius 2 is 2.25 bits per heavy atom. The fraction of sp³-hybridized carbons (Fsp3) is 0.182. The van der Waals surface area contributed by atoms with Crippen molar-refractivity contribution < 1.29 is 5.11 Å². The molecule has 0 spiro atoms. The molecule has 2 nitrogen and oxygen atoms in total. The summed E-state index contributed by atoms with van der Waals surface area (Å²) in [7, 11) is 0. The Bertz CT molecular complexity index is 488. The average Bonchev–Trinajstić information content (AvgIpc) is 2.64. The van der Waals surface area contributed by atoms with Gasteiger partial charge in [-0.3, -0.25) is 0 Å². The second kappa shape index (κ2) is 5.27. The Morgan fingerprint density at radius 1 is 1.44 bits per heavy atom. The molecule has 0 aliphatic heterocycles. The van der Waals surface area contributed by atoms with Gasteiger partial charge in [-0.2, -0.15) is 0 Å². The summed E-state index contributed by atoms with van der Waals surface area (Å²) in [6.45, 7) is 0. The van der Waals surface area contributed by atoms with Gasteiger partial charge in [0.1, 0.15) is 5.15 Å². The number of halogens is 2. The van der Waals surface area contributed by atoms with E-state index >= 15 is 0 Å². The number of aliphatic hydroxyl groups is 1. The minimum absolute atomic E-state index is 0.406. The van der Waals surface area contributed by atoms with Crippen LogP contribution >= 0.6 is 38.9 Å². The molecule has 1 unspecified atom stereocenters. The monoisotopic (exact) mass is 317 g/mol. The molecule has 84 valence electrons. The first-order valence-electron chi connectivity index (χ1n) is 4.69. The summed E-state index contributed by atoms with van der Waals surface area (Å²) in [6.07, 6.45) is 1.66. The summed E-state index contributed by atoms with van der Waals surface area (Å²) in [4.78, 5) is 5.01. The first kappa shape index (κ1) is 12.0. The zero-order valence-electron chi connectivity index (χ0n) is 8.23. The third-order valence-electron chi connectivity index (χ3n) is 2.16. The number of nitrogens with zero attached hydrogens (tertiary/aromatic N) is 1. The number of hydrogen-bond donors (Lipinski definition) is 1. The van der Waals surface area contributed by atoms with Crippen LogP contribution in [0.4, 0.5) is 0 Å². The smallest absolute Gasteiger partial charge is 0.129 e. The Morgan fingerprint density at radius 3 is 2.88 bits per heavy atom. The molecule has 2 aromatic rings. The first-order valence-corrected chi connectivity index (χ1v) is 6.67. The molecule has 0 amide bonds. The van der Waals surface area contributed by atoms with Crippen LogP contribution in [0.5, 0.6) is 0 Å². The highest BCUT2D eigenvalue weighted by Crippen LogP contribution is 2.27. The molecule has 16 heavy (non-hydrogen) atoms. The molecular weight excluding hydrogens is 310 g/mol. The van der Waals surface area contributed by atoms with Crippen molar-refractivity contribution in [2.45, 2.75) is 12.5 Å². The number of hydrogen-bond acceptors (Lipinski definition) is 3. The Kier molecular flexibility index (Phi) is 3.97. The van der Waals surface area contributed by atoms with Gasteiger partial charge in [-0.1, -0.05) is 11.6 Å². The van der Waals surface area contributed by atoms with Crippen LogP contribution in [-0.2, 0) is 6.42 Å². The minimum atomic E-state index is -0.536. The molecule has 1 N–H and O–H groups in total. The van der Waals surface area contributed by atoms with Gasteiger partial charge in [0, 0.05) is 17.5 Å². The number of aliphatic hydroxyl groups excluding tert-OH is 1. The highest BCUT2D eigenvalue weighted by molar-refractivity contribution is 9.11. The van der Waals surface area contributed by atoms with Gasteiger partial charge < -0.3 is 5.11 Å². The second-order valence-corrected chi connectivity index (χ2v) is 6.27. The van der Waals surface area contributed by atoms with Crippen LogP contribution in [-0.4, -0.2) is 10.1 Å². The van der Waals surface area contributed by atoms with Crippen molar-refractivity contribution in [3.63, 3.8) is 0 Å². The number of pyridine rings is 1. The fourth-order valence-electron chi connectivity index (χ4n) is 1.39. The highest BCUT2D eigenvalue weighted by Gasteiger charge is 2.10. The maximum Gasteiger partial charge on any atom is 0.129 e. The fourth-order valence-corrected chi connectivity index (χ4v) is 3.10.